The molecule has 2 atom stereocenters. The molecular weight excluding hydrogens is 260 g/mol. The van der Waals surface area contributed by atoms with E-state index in [0.29, 0.717) is 12.5 Å². The van der Waals surface area contributed by atoms with Gasteiger partial charge in [-0.2, -0.15) is 0 Å². The fourth-order valence-electron chi connectivity index (χ4n) is 3.47. The van der Waals surface area contributed by atoms with Crippen LogP contribution in [0.5, 0.6) is 0 Å². The Balaban J connectivity index is 1.72. The van der Waals surface area contributed by atoms with Crippen LogP contribution in [0.3, 0.4) is 0 Å². The first-order valence-electron chi connectivity index (χ1n) is 6.97. The third kappa shape index (κ3) is 2.44. The van der Waals surface area contributed by atoms with E-state index in [1.54, 1.807) is 11.3 Å². The summed E-state index contributed by atoms with van der Waals surface area (Å²) in [5, 5.41) is 10.9. The van der Waals surface area contributed by atoms with Crippen LogP contribution in [0.4, 0.5) is 0 Å². The van der Waals surface area contributed by atoms with Crippen molar-refractivity contribution in [1.82, 2.24) is 9.88 Å². The molecule has 0 unspecified atom stereocenters. The van der Waals surface area contributed by atoms with Crippen LogP contribution < -0.4 is 0 Å². The van der Waals surface area contributed by atoms with Crippen LogP contribution in [0.25, 0.3) is 0 Å². The molecule has 0 bridgehead atoms. The van der Waals surface area contributed by atoms with E-state index >= 15 is 0 Å². The lowest BCUT2D eigenvalue weighted by Gasteiger charge is -2.36. The number of nitrogens with zero attached hydrogens (tertiary/aromatic N) is 2. The number of hydrogen-bond acceptors (Lipinski definition) is 5. The van der Waals surface area contributed by atoms with E-state index in [9.17, 15) is 5.11 Å². The Hall–Kier alpha value is -0.490. The third-order valence-electron chi connectivity index (χ3n) is 4.56. The summed E-state index contributed by atoms with van der Waals surface area (Å²) < 4.78 is 5.61. The fourth-order valence-corrected chi connectivity index (χ4v) is 4.45. The number of thiazole rings is 1. The van der Waals surface area contributed by atoms with Crippen LogP contribution in [0.1, 0.15) is 22.0 Å². The Morgan fingerprint density at radius 1 is 1.53 bits per heavy atom. The molecule has 3 heterocycles. The quantitative estimate of drug-likeness (QED) is 0.914. The Morgan fingerprint density at radius 2 is 2.37 bits per heavy atom. The van der Waals surface area contributed by atoms with Crippen LogP contribution in [0, 0.1) is 25.2 Å². The molecule has 0 amide bonds. The van der Waals surface area contributed by atoms with Gasteiger partial charge in [-0.15, -0.1) is 11.3 Å². The zero-order chi connectivity index (χ0) is 13.5. The monoisotopic (exact) mass is 282 g/mol. The highest BCUT2D eigenvalue weighted by Crippen LogP contribution is 2.41. The Labute approximate surface area is 118 Å². The number of aliphatic hydroxyl groups excluding tert-OH is 1. The second-order valence-electron chi connectivity index (χ2n) is 5.97. The van der Waals surface area contributed by atoms with Crippen molar-refractivity contribution in [2.75, 3.05) is 32.9 Å². The number of aryl methyl sites for hydroxylation is 2. The summed E-state index contributed by atoms with van der Waals surface area (Å²) in [7, 11) is 0. The van der Waals surface area contributed by atoms with Crippen LogP contribution >= 0.6 is 11.3 Å². The molecule has 0 saturated carbocycles. The average molecular weight is 282 g/mol. The molecule has 19 heavy (non-hydrogen) atoms. The normalized spacial score (nSPS) is 31.6. The molecule has 5 heteroatoms. The second-order valence-corrected chi connectivity index (χ2v) is 7.26. The highest BCUT2D eigenvalue weighted by atomic mass is 32.1. The summed E-state index contributed by atoms with van der Waals surface area (Å²) in [5.74, 6) is 0.584. The van der Waals surface area contributed by atoms with Gasteiger partial charge in [-0.25, -0.2) is 4.98 Å². The van der Waals surface area contributed by atoms with E-state index in [1.807, 2.05) is 0 Å². The zero-order valence-electron chi connectivity index (χ0n) is 11.7. The van der Waals surface area contributed by atoms with Crippen molar-refractivity contribution in [3.8, 4) is 0 Å². The van der Waals surface area contributed by atoms with E-state index in [2.05, 4.69) is 23.7 Å². The fraction of sp³-hybridized carbons (Fsp3) is 0.786. The zero-order valence-corrected chi connectivity index (χ0v) is 12.5. The molecule has 1 aromatic rings. The van der Waals surface area contributed by atoms with Gasteiger partial charge in [0.05, 0.1) is 23.9 Å². The lowest BCUT2D eigenvalue weighted by Crippen LogP contribution is -2.42. The number of ether oxygens (including phenoxy) is 1. The highest BCUT2D eigenvalue weighted by Gasteiger charge is 2.48. The average Bonchev–Trinajstić information content (AvgIpc) is 2.90. The molecule has 0 spiro atoms. The molecule has 1 N–H and O–H groups in total. The lowest BCUT2D eigenvalue weighted by atomic mass is 9.76. The van der Waals surface area contributed by atoms with Gasteiger partial charge in [0.2, 0.25) is 0 Å². The van der Waals surface area contributed by atoms with E-state index in [4.69, 9.17) is 4.74 Å². The molecule has 2 saturated heterocycles. The maximum Gasteiger partial charge on any atom is 0.0900 e. The number of fused-ring (bicyclic) bond motifs is 1. The molecule has 2 aliphatic rings. The Kier molecular flexibility index (Phi) is 3.64. The summed E-state index contributed by atoms with van der Waals surface area (Å²) >= 11 is 1.79. The van der Waals surface area contributed by atoms with Gasteiger partial charge in [-0.3, -0.25) is 4.90 Å². The third-order valence-corrected chi connectivity index (χ3v) is 5.62. The molecule has 3 rings (SSSR count). The molecule has 0 radical (unpaired) electrons. The molecule has 4 nitrogen and oxygen atoms in total. The Morgan fingerprint density at radius 3 is 3.00 bits per heavy atom. The van der Waals surface area contributed by atoms with Gasteiger partial charge in [-0.1, -0.05) is 0 Å². The van der Waals surface area contributed by atoms with Gasteiger partial charge in [0.25, 0.3) is 0 Å². The molecule has 2 aliphatic heterocycles. The summed E-state index contributed by atoms with van der Waals surface area (Å²) in [6, 6.07) is 0. The van der Waals surface area contributed by atoms with Gasteiger partial charge < -0.3 is 9.84 Å². The lowest BCUT2D eigenvalue weighted by molar-refractivity contribution is -0.0561. The minimum atomic E-state index is -0.0219. The maximum atomic E-state index is 9.78. The molecule has 0 aromatic carbocycles. The Bertz CT molecular complexity index is 462. The molecule has 1 aromatic heterocycles. The van der Waals surface area contributed by atoms with Gasteiger partial charge in [0, 0.05) is 36.5 Å². The standard InChI is InChI=1S/C14H22N2O2S/c1-10-13(19-11(2)15-10)6-16-5-12-3-4-18-9-14(12,7-16)8-17/h12,17H,3-9H2,1-2H3/t12-,14+/m0/s1. The summed E-state index contributed by atoms with van der Waals surface area (Å²) in [6.45, 7) is 8.96. The number of rotatable bonds is 3. The van der Waals surface area contributed by atoms with Crippen molar-refractivity contribution in [3.63, 3.8) is 0 Å². The van der Waals surface area contributed by atoms with Gasteiger partial charge >= 0.3 is 0 Å². The van der Waals surface area contributed by atoms with Crippen LogP contribution in [0.15, 0.2) is 0 Å². The van der Waals surface area contributed by atoms with Crippen molar-refractivity contribution >= 4 is 11.3 Å². The van der Waals surface area contributed by atoms with Crippen LogP contribution in [-0.4, -0.2) is 47.9 Å². The van der Waals surface area contributed by atoms with Crippen molar-refractivity contribution < 1.29 is 9.84 Å². The van der Waals surface area contributed by atoms with Crippen molar-refractivity contribution in [2.45, 2.75) is 26.8 Å². The van der Waals surface area contributed by atoms with E-state index in [-0.39, 0.29) is 12.0 Å². The van der Waals surface area contributed by atoms with Gasteiger partial charge in [0.1, 0.15) is 0 Å². The first-order chi connectivity index (χ1) is 9.13. The molecule has 0 aliphatic carbocycles. The largest absolute Gasteiger partial charge is 0.396 e. The van der Waals surface area contributed by atoms with Crippen molar-refractivity contribution in [2.24, 2.45) is 11.3 Å². The number of likely N-dealkylation sites (tertiary alicyclic amines) is 1. The molecule has 2 fully saturated rings. The topological polar surface area (TPSA) is 45.6 Å². The van der Waals surface area contributed by atoms with Crippen LogP contribution in [-0.2, 0) is 11.3 Å². The van der Waals surface area contributed by atoms with Crippen molar-refractivity contribution in [1.29, 1.82) is 0 Å². The minimum Gasteiger partial charge on any atom is -0.396 e. The van der Waals surface area contributed by atoms with E-state index < -0.39 is 0 Å². The SMILES string of the molecule is Cc1nc(C)c(CN2C[C@@H]3CCOC[C@]3(CO)C2)s1. The molecule has 106 valence electrons. The predicted octanol–water partition coefficient (Wildman–Crippen LogP) is 1.59. The van der Waals surface area contributed by atoms with E-state index in [1.165, 1.54) is 4.88 Å². The van der Waals surface area contributed by atoms with Gasteiger partial charge in [-0.05, 0) is 26.2 Å². The first-order valence-corrected chi connectivity index (χ1v) is 7.78. The van der Waals surface area contributed by atoms with Gasteiger partial charge in [0.15, 0.2) is 0 Å². The minimum absolute atomic E-state index is 0.0219. The summed E-state index contributed by atoms with van der Waals surface area (Å²) in [4.78, 5) is 8.33. The summed E-state index contributed by atoms with van der Waals surface area (Å²) in [6.07, 6.45) is 1.08. The predicted molar refractivity (Wildman–Crippen MR) is 75.3 cm³/mol. The number of aromatic nitrogens is 1. The van der Waals surface area contributed by atoms with Crippen molar-refractivity contribution in [3.05, 3.63) is 15.6 Å². The highest BCUT2D eigenvalue weighted by molar-refractivity contribution is 7.11. The van der Waals surface area contributed by atoms with E-state index in [0.717, 1.165) is 43.4 Å². The maximum absolute atomic E-state index is 9.78. The summed E-state index contributed by atoms with van der Waals surface area (Å²) in [5.41, 5.74) is 1.14. The number of aliphatic hydroxyl groups is 1. The molecular formula is C14H22N2O2S. The number of hydrogen-bond donors (Lipinski definition) is 1. The smallest absolute Gasteiger partial charge is 0.0900 e. The second kappa shape index (κ2) is 5.13. The first kappa shape index (κ1) is 13.5. The van der Waals surface area contributed by atoms with Crippen LogP contribution in [0.2, 0.25) is 0 Å².